The summed E-state index contributed by atoms with van der Waals surface area (Å²) >= 11 is 0. The van der Waals surface area contributed by atoms with Crippen molar-refractivity contribution in [3.63, 3.8) is 0 Å². The van der Waals surface area contributed by atoms with Gasteiger partial charge in [0.05, 0.1) is 5.52 Å². The molecule has 0 unspecified atom stereocenters. The Morgan fingerprint density at radius 1 is 1.31 bits per heavy atom. The molecular weight excluding hydrogens is 208 g/mol. The summed E-state index contributed by atoms with van der Waals surface area (Å²) in [5.41, 5.74) is 1.33. The monoisotopic (exact) mass is 219 g/mol. The van der Waals surface area contributed by atoms with Crippen molar-refractivity contribution in [2.75, 3.05) is 0 Å². The van der Waals surface area contributed by atoms with E-state index in [4.69, 9.17) is 0 Å². The number of nitrogens with zero attached hydrogens (tertiary/aromatic N) is 1. The summed E-state index contributed by atoms with van der Waals surface area (Å²) in [5.74, 6) is -0.343. The Morgan fingerprint density at radius 2 is 2.06 bits per heavy atom. The van der Waals surface area contributed by atoms with Crippen molar-refractivity contribution in [3.05, 3.63) is 35.8 Å². The molecule has 0 atom stereocenters. The molecule has 0 saturated carbocycles. The molecule has 0 saturated heterocycles. The van der Waals surface area contributed by atoms with Gasteiger partial charge in [-0.05, 0) is 35.6 Å². The van der Waals surface area contributed by atoms with Gasteiger partial charge in [0.25, 0.3) is 0 Å². The van der Waals surface area contributed by atoms with E-state index in [1.807, 2.05) is 6.92 Å². The number of halogens is 1. The summed E-state index contributed by atoms with van der Waals surface area (Å²) in [6.07, 6.45) is 1.96. The second-order valence-corrected chi connectivity index (χ2v) is 3.55. The minimum Gasteiger partial charge on any atom is -0.423 e. The highest BCUT2D eigenvalue weighted by atomic mass is 19.1. The first-order valence-electron chi connectivity index (χ1n) is 5.07. The summed E-state index contributed by atoms with van der Waals surface area (Å²) in [6.45, 7) is 1.82. The average molecular weight is 219 g/mol. The molecule has 1 heterocycles. The zero-order valence-corrected chi connectivity index (χ0v) is 8.81. The van der Waals surface area contributed by atoms with Gasteiger partial charge in [0.15, 0.2) is 0 Å². The van der Waals surface area contributed by atoms with Crippen molar-refractivity contribution in [2.45, 2.75) is 13.3 Å². The number of rotatable bonds is 2. The Morgan fingerprint density at radius 3 is 2.69 bits per heavy atom. The molecule has 5 heteroatoms. The SMILES string of the molecule is CCc1c(F)ccc2nccc(B(O)O)c12. The van der Waals surface area contributed by atoms with E-state index in [0.29, 0.717) is 28.4 Å². The van der Waals surface area contributed by atoms with Crippen LogP contribution < -0.4 is 5.46 Å². The minimum atomic E-state index is -1.61. The van der Waals surface area contributed by atoms with Gasteiger partial charge >= 0.3 is 7.12 Å². The van der Waals surface area contributed by atoms with E-state index in [2.05, 4.69) is 4.98 Å². The van der Waals surface area contributed by atoms with Crippen molar-refractivity contribution in [3.8, 4) is 0 Å². The number of hydrogen-bond acceptors (Lipinski definition) is 3. The molecule has 2 N–H and O–H groups in total. The normalized spacial score (nSPS) is 10.8. The number of aromatic nitrogens is 1. The molecule has 0 aliphatic rings. The smallest absolute Gasteiger partial charge is 0.423 e. The number of pyridine rings is 1. The summed E-state index contributed by atoms with van der Waals surface area (Å²) in [5, 5.41) is 19.0. The first kappa shape index (κ1) is 11.0. The zero-order chi connectivity index (χ0) is 11.7. The second-order valence-electron chi connectivity index (χ2n) is 3.55. The standard InChI is InChI=1S/C11H11BFNO2/c1-2-7-9(13)3-4-10-11(7)8(12(15)16)5-6-14-10/h3-6,15-16H,2H2,1H3. The van der Waals surface area contributed by atoms with Crippen LogP contribution in [0, 0.1) is 5.82 Å². The Bertz CT molecular complexity index is 531. The number of aryl methyl sites for hydroxylation is 1. The van der Waals surface area contributed by atoms with Crippen molar-refractivity contribution >= 4 is 23.5 Å². The molecule has 1 aromatic carbocycles. The number of fused-ring (bicyclic) bond motifs is 1. The Hall–Kier alpha value is -1.46. The fourth-order valence-corrected chi connectivity index (χ4v) is 1.88. The molecule has 0 radical (unpaired) electrons. The molecule has 16 heavy (non-hydrogen) atoms. The highest BCUT2D eigenvalue weighted by molar-refractivity contribution is 6.62. The minimum absolute atomic E-state index is 0.293. The van der Waals surface area contributed by atoms with Gasteiger partial charge in [0.1, 0.15) is 5.82 Å². The fourth-order valence-electron chi connectivity index (χ4n) is 1.88. The molecule has 1 aromatic heterocycles. The third-order valence-electron chi connectivity index (χ3n) is 2.62. The Balaban J connectivity index is 2.87. The Kier molecular flexibility index (Phi) is 2.89. The van der Waals surface area contributed by atoms with Gasteiger partial charge in [-0.3, -0.25) is 4.98 Å². The van der Waals surface area contributed by atoms with E-state index in [1.165, 1.54) is 24.4 Å². The van der Waals surface area contributed by atoms with Gasteiger partial charge in [-0.15, -0.1) is 0 Å². The molecule has 0 spiro atoms. The summed E-state index contributed by atoms with van der Waals surface area (Å²) in [7, 11) is -1.61. The third kappa shape index (κ3) is 1.68. The molecule has 82 valence electrons. The van der Waals surface area contributed by atoms with Gasteiger partial charge in [-0.25, -0.2) is 4.39 Å². The maximum Gasteiger partial charge on any atom is 0.489 e. The van der Waals surface area contributed by atoms with E-state index in [-0.39, 0.29) is 5.82 Å². The van der Waals surface area contributed by atoms with Crippen LogP contribution in [-0.4, -0.2) is 22.2 Å². The molecule has 0 bridgehead atoms. The number of hydrogen-bond donors (Lipinski definition) is 2. The van der Waals surface area contributed by atoms with Crippen molar-refractivity contribution in [1.82, 2.24) is 4.98 Å². The van der Waals surface area contributed by atoms with Crippen LogP contribution in [0.2, 0.25) is 0 Å². The van der Waals surface area contributed by atoms with Gasteiger partial charge in [-0.2, -0.15) is 0 Å². The topological polar surface area (TPSA) is 53.4 Å². The Labute approximate surface area is 92.7 Å². The highest BCUT2D eigenvalue weighted by Crippen LogP contribution is 2.19. The van der Waals surface area contributed by atoms with Gasteiger partial charge in [0.2, 0.25) is 0 Å². The molecule has 2 rings (SSSR count). The fraction of sp³-hybridized carbons (Fsp3) is 0.182. The van der Waals surface area contributed by atoms with Crippen LogP contribution in [-0.2, 0) is 6.42 Å². The molecule has 0 fully saturated rings. The predicted molar refractivity (Wildman–Crippen MR) is 60.9 cm³/mol. The van der Waals surface area contributed by atoms with Gasteiger partial charge in [-0.1, -0.05) is 6.92 Å². The molecule has 0 aliphatic heterocycles. The maximum atomic E-state index is 13.6. The zero-order valence-electron chi connectivity index (χ0n) is 8.81. The van der Waals surface area contributed by atoms with Gasteiger partial charge in [0, 0.05) is 11.6 Å². The number of benzene rings is 1. The first-order chi connectivity index (χ1) is 7.65. The molecule has 2 aromatic rings. The highest BCUT2D eigenvalue weighted by Gasteiger charge is 2.18. The second kappa shape index (κ2) is 4.19. The summed E-state index contributed by atoms with van der Waals surface area (Å²) in [6, 6.07) is 4.38. The van der Waals surface area contributed by atoms with Crippen molar-refractivity contribution < 1.29 is 14.4 Å². The quantitative estimate of drug-likeness (QED) is 0.727. The van der Waals surface area contributed by atoms with Crippen LogP contribution in [0.5, 0.6) is 0 Å². The van der Waals surface area contributed by atoms with Crippen LogP contribution in [0.4, 0.5) is 4.39 Å². The lowest BCUT2D eigenvalue weighted by Crippen LogP contribution is -2.31. The third-order valence-corrected chi connectivity index (χ3v) is 2.62. The molecule has 0 amide bonds. The maximum absolute atomic E-state index is 13.6. The van der Waals surface area contributed by atoms with Crippen molar-refractivity contribution in [1.29, 1.82) is 0 Å². The lowest BCUT2D eigenvalue weighted by atomic mass is 9.77. The largest absolute Gasteiger partial charge is 0.489 e. The first-order valence-corrected chi connectivity index (χ1v) is 5.07. The predicted octanol–water partition coefficient (Wildman–Crippen LogP) is 0.616. The van der Waals surface area contributed by atoms with Crippen LogP contribution in [0.3, 0.4) is 0 Å². The average Bonchev–Trinajstić information content (AvgIpc) is 2.28. The van der Waals surface area contributed by atoms with Gasteiger partial charge < -0.3 is 10.0 Å². The van der Waals surface area contributed by atoms with Crippen LogP contribution >= 0.6 is 0 Å². The molecular formula is C11H11BFNO2. The lowest BCUT2D eigenvalue weighted by molar-refractivity contribution is 0.426. The van der Waals surface area contributed by atoms with E-state index < -0.39 is 7.12 Å². The lowest BCUT2D eigenvalue weighted by Gasteiger charge is -2.10. The van der Waals surface area contributed by atoms with Crippen LogP contribution in [0.25, 0.3) is 10.9 Å². The van der Waals surface area contributed by atoms with E-state index in [9.17, 15) is 14.4 Å². The van der Waals surface area contributed by atoms with E-state index in [0.717, 1.165) is 0 Å². The van der Waals surface area contributed by atoms with Crippen molar-refractivity contribution in [2.24, 2.45) is 0 Å². The van der Waals surface area contributed by atoms with E-state index in [1.54, 1.807) is 0 Å². The molecule has 3 nitrogen and oxygen atoms in total. The summed E-state index contributed by atoms with van der Waals surface area (Å²) < 4.78 is 13.6. The molecule has 0 aliphatic carbocycles. The summed E-state index contributed by atoms with van der Waals surface area (Å²) in [4.78, 5) is 4.09. The van der Waals surface area contributed by atoms with Crippen LogP contribution in [0.15, 0.2) is 24.4 Å². The van der Waals surface area contributed by atoms with Crippen LogP contribution in [0.1, 0.15) is 12.5 Å². The van der Waals surface area contributed by atoms with E-state index >= 15 is 0 Å².